The first kappa shape index (κ1) is 24.0. The lowest BCUT2D eigenvalue weighted by Crippen LogP contribution is -2.46. The molecule has 0 spiro atoms. The van der Waals surface area contributed by atoms with Gasteiger partial charge in [-0.3, -0.25) is 4.79 Å². The molecule has 1 fully saturated rings. The number of carbonyl (C=O) groups excluding carboxylic acids is 1. The summed E-state index contributed by atoms with van der Waals surface area (Å²) < 4.78 is 33.0. The van der Waals surface area contributed by atoms with Crippen LogP contribution in [0.15, 0.2) is 83.8 Å². The molecule has 6 nitrogen and oxygen atoms in total. The molecule has 178 valence electrons. The smallest absolute Gasteiger partial charge is 0.243 e. The minimum absolute atomic E-state index is 0.133. The second-order valence-electron chi connectivity index (χ2n) is 8.59. The summed E-state index contributed by atoms with van der Waals surface area (Å²) >= 11 is 0. The number of carbonyl (C=O) groups is 1. The number of benzene rings is 3. The highest BCUT2D eigenvalue weighted by Gasteiger charge is 2.34. The number of methoxy groups -OCH3 is 1. The van der Waals surface area contributed by atoms with Gasteiger partial charge in [-0.1, -0.05) is 54.6 Å². The molecule has 1 heterocycles. The number of ether oxygens (including phenoxy) is 1. The topological polar surface area (TPSA) is 75.7 Å². The molecule has 0 saturated carbocycles. The van der Waals surface area contributed by atoms with E-state index in [9.17, 15) is 13.2 Å². The fourth-order valence-corrected chi connectivity index (χ4v) is 5.95. The van der Waals surface area contributed by atoms with E-state index < -0.39 is 15.9 Å². The number of hydrogen-bond acceptors (Lipinski definition) is 4. The first-order valence-electron chi connectivity index (χ1n) is 11.4. The Morgan fingerprint density at radius 3 is 2.35 bits per heavy atom. The summed E-state index contributed by atoms with van der Waals surface area (Å²) in [4.78, 5) is 13.6. The summed E-state index contributed by atoms with van der Waals surface area (Å²) in [5, 5.41) is 3.21. The van der Waals surface area contributed by atoms with Gasteiger partial charge in [-0.2, -0.15) is 4.31 Å². The van der Waals surface area contributed by atoms with Gasteiger partial charge in [-0.15, -0.1) is 0 Å². The molecule has 0 aromatic heterocycles. The average Bonchev–Trinajstić information content (AvgIpc) is 2.88. The number of piperidine rings is 1. The SMILES string of the molecule is COc1ccc(S(=O)(=O)N2CCC[C@H](C(=O)N[C@@H](c3ccccc3)c3ccccc3C)C2)cc1. The van der Waals surface area contributed by atoms with Crippen LogP contribution in [0.5, 0.6) is 5.75 Å². The second-order valence-corrected chi connectivity index (χ2v) is 10.5. The zero-order valence-corrected chi connectivity index (χ0v) is 20.3. The Kier molecular flexibility index (Phi) is 7.34. The standard InChI is InChI=1S/C27H30N2O4S/c1-20-9-6-7-13-25(20)26(21-10-4-3-5-11-21)28-27(30)22-12-8-18-29(19-22)34(31,32)24-16-14-23(33-2)15-17-24/h3-7,9-11,13-17,22,26H,8,12,18-19H2,1-2H3,(H,28,30)/t22-,26-/m0/s1. The molecular formula is C27H30N2O4S. The maximum atomic E-state index is 13.4. The van der Waals surface area contributed by atoms with Crippen molar-refractivity contribution in [2.45, 2.75) is 30.7 Å². The quantitative estimate of drug-likeness (QED) is 0.549. The number of nitrogens with one attached hydrogen (secondary N) is 1. The van der Waals surface area contributed by atoms with Gasteiger partial charge in [0.2, 0.25) is 15.9 Å². The Morgan fingerprint density at radius 1 is 1.00 bits per heavy atom. The van der Waals surface area contributed by atoms with E-state index in [0.29, 0.717) is 25.1 Å². The fourth-order valence-electron chi connectivity index (χ4n) is 4.43. The van der Waals surface area contributed by atoms with Crippen LogP contribution in [0.25, 0.3) is 0 Å². The minimum atomic E-state index is -3.70. The Bertz CT molecular complexity index is 1230. The van der Waals surface area contributed by atoms with Crippen molar-refractivity contribution in [2.75, 3.05) is 20.2 Å². The molecule has 4 rings (SSSR count). The molecule has 0 bridgehead atoms. The Balaban J connectivity index is 1.54. The summed E-state index contributed by atoms with van der Waals surface area (Å²) in [6.45, 7) is 2.59. The van der Waals surface area contributed by atoms with Gasteiger partial charge in [0.1, 0.15) is 5.75 Å². The molecule has 1 saturated heterocycles. The molecule has 1 aliphatic rings. The summed E-state index contributed by atoms with van der Waals surface area (Å²) in [6, 6.07) is 23.9. The number of sulfonamides is 1. The predicted molar refractivity (Wildman–Crippen MR) is 132 cm³/mol. The van der Waals surface area contributed by atoms with Crippen LogP contribution in [-0.2, 0) is 14.8 Å². The summed E-state index contributed by atoms with van der Waals surface area (Å²) in [6.07, 6.45) is 1.28. The van der Waals surface area contributed by atoms with E-state index in [0.717, 1.165) is 16.7 Å². The van der Waals surface area contributed by atoms with Crippen LogP contribution in [0.2, 0.25) is 0 Å². The van der Waals surface area contributed by atoms with Crippen molar-refractivity contribution in [2.24, 2.45) is 5.92 Å². The lowest BCUT2D eigenvalue weighted by Gasteiger charge is -2.32. The summed E-state index contributed by atoms with van der Waals surface area (Å²) in [5.41, 5.74) is 3.10. The van der Waals surface area contributed by atoms with E-state index in [-0.39, 0.29) is 23.4 Å². The van der Waals surface area contributed by atoms with E-state index in [1.54, 1.807) is 24.3 Å². The van der Waals surface area contributed by atoms with Crippen LogP contribution in [0, 0.1) is 12.8 Å². The van der Waals surface area contributed by atoms with Gasteiger partial charge in [0.15, 0.2) is 0 Å². The number of aryl methyl sites for hydroxylation is 1. The molecule has 3 aromatic rings. The molecule has 0 unspecified atom stereocenters. The van der Waals surface area contributed by atoms with E-state index in [1.165, 1.54) is 11.4 Å². The number of rotatable bonds is 7. The molecule has 0 radical (unpaired) electrons. The van der Waals surface area contributed by atoms with Crippen LogP contribution in [0.3, 0.4) is 0 Å². The second kappa shape index (κ2) is 10.4. The van der Waals surface area contributed by atoms with Gasteiger partial charge in [-0.25, -0.2) is 8.42 Å². The molecule has 1 aliphatic heterocycles. The molecule has 1 N–H and O–H groups in total. The Hall–Kier alpha value is -3.16. The van der Waals surface area contributed by atoms with Gasteiger partial charge in [0, 0.05) is 13.1 Å². The van der Waals surface area contributed by atoms with Gasteiger partial charge in [0.05, 0.1) is 24.0 Å². The first-order chi connectivity index (χ1) is 16.4. The van der Waals surface area contributed by atoms with Crippen LogP contribution in [0.4, 0.5) is 0 Å². The number of amides is 1. The van der Waals surface area contributed by atoms with Gasteiger partial charge in [0.25, 0.3) is 0 Å². The maximum Gasteiger partial charge on any atom is 0.243 e. The normalized spacial score (nSPS) is 17.6. The van der Waals surface area contributed by atoms with E-state index >= 15 is 0 Å². The molecule has 0 aliphatic carbocycles. The van der Waals surface area contributed by atoms with Gasteiger partial charge in [-0.05, 0) is 60.7 Å². The maximum absolute atomic E-state index is 13.4. The summed E-state index contributed by atoms with van der Waals surface area (Å²) in [5.74, 6) is 0.0433. The van der Waals surface area contributed by atoms with Crippen LogP contribution in [-0.4, -0.2) is 38.8 Å². The van der Waals surface area contributed by atoms with Crippen LogP contribution < -0.4 is 10.1 Å². The number of hydrogen-bond donors (Lipinski definition) is 1. The highest BCUT2D eigenvalue weighted by Crippen LogP contribution is 2.28. The molecule has 34 heavy (non-hydrogen) atoms. The van der Waals surface area contributed by atoms with E-state index in [4.69, 9.17) is 4.74 Å². The van der Waals surface area contributed by atoms with Crippen LogP contribution in [0.1, 0.15) is 35.6 Å². The third-order valence-corrected chi connectivity index (χ3v) is 8.25. The van der Waals surface area contributed by atoms with Crippen molar-refractivity contribution in [1.82, 2.24) is 9.62 Å². The Labute approximate surface area is 201 Å². The van der Waals surface area contributed by atoms with Crippen LogP contribution >= 0.6 is 0 Å². The highest BCUT2D eigenvalue weighted by atomic mass is 32.2. The molecule has 3 aromatic carbocycles. The lowest BCUT2D eigenvalue weighted by molar-refractivity contribution is -0.126. The molecule has 7 heteroatoms. The van der Waals surface area contributed by atoms with Crippen molar-refractivity contribution >= 4 is 15.9 Å². The van der Waals surface area contributed by atoms with Crippen molar-refractivity contribution in [3.63, 3.8) is 0 Å². The lowest BCUT2D eigenvalue weighted by atomic mass is 9.93. The number of nitrogens with zero attached hydrogens (tertiary/aromatic N) is 1. The van der Waals surface area contributed by atoms with Crippen molar-refractivity contribution in [3.8, 4) is 5.75 Å². The van der Waals surface area contributed by atoms with Crippen molar-refractivity contribution in [1.29, 1.82) is 0 Å². The van der Waals surface area contributed by atoms with Crippen molar-refractivity contribution < 1.29 is 17.9 Å². The molecule has 2 atom stereocenters. The average molecular weight is 479 g/mol. The molecule has 1 amide bonds. The largest absolute Gasteiger partial charge is 0.497 e. The zero-order chi connectivity index (χ0) is 24.1. The third-order valence-electron chi connectivity index (χ3n) is 6.37. The minimum Gasteiger partial charge on any atom is -0.497 e. The van der Waals surface area contributed by atoms with Gasteiger partial charge < -0.3 is 10.1 Å². The Morgan fingerprint density at radius 2 is 1.68 bits per heavy atom. The predicted octanol–water partition coefficient (Wildman–Crippen LogP) is 4.31. The summed E-state index contributed by atoms with van der Waals surface area (Å²) in [7, 11) is -2.16. The monoisotopic (exact) mass is 478 g/mol. The first-order valence-corrected chi connectivity index (χ1v) is 12.9. The fraction of sp³-hybridized carbons (Fsp3) is 0.296. The third kappa shape index (κ3) is 5.16. The van der Waals surface area contributed by atoms with Crippen molar-refractivity contribution in [3.05, 3.63) is 95.6 Å². The highest BCUT2D eigenvalue weighted by molar-refractivity contribution is 7.89. The van der Waals surface area contributed by atoms with E-state index in [2.05, 4.69) is 5.32 Å². The van der Waals surface area contributed by atoms with E-state index in [1.807, 2.05) is 61.5 Å². The molecular weight excluding hydrogens is 448 g/mol. The van der Waals surface area contributed by atoms with Gasteiger partial charge >= 0.3 is 0 Å². The zero-order valence-electron chi connectivity index (χ0n) is 19.5.